The van der Waals surface area contributed by atoms with Crippen molar-refractivity contribution in [2.75, 3.05) is 13.1 Å². The minimum atomic E-state index is -0.951. The van der Waals surface area contributed by atoms with Crippen LogP contribution < -0.4 is 17.2 Å². The Morgan fingerprint density at radius 2 is 1.52 bits per heavy atom. The third-order valence-electron chi connectivity index (χ3n) is 2.71. The number of nitrogens with two attached hydrogens (primary N) is 3. The summed E-state index contributed by atoms with van der Waals surface area (Å²) in [7, 11) is 0. The van der Waals surface area contributed by atoms with Gasteiger partial charge in [0.25, 0.3) is 0 Å². The summed E-state index contributed by atoms with van der Waals surface area (Å²) in [5.41, 5.74) is 16.6. The van der Waals surface area contributed by atoms with Gasteiger partial charge < -0.3 is 27.2 Å². The molecule has 8 nitrogen and oxygen atoms in total. The number of nitrogens with zero attached hydrogens (tertiary/aromatic N) is 1. The van der Waals surface area contributed by atoms with E-state index in [9.17, 15) is 19.5 Å². The van der Waals surface area contributed by atoms with Crippen molar-refractivity contribution in [3.63, 3.8) is 0 Å². The first-order chi connectivity index (χ1) is 9.79. The molecule has 7 N–H and O–H groups in total. The predicted octanol–water partition coefficient (Wildman–Crippen LogP) is -1.94. The summed E-state index contributed by atoms with van der Waals surface area (Å²) in [5, 5.41) is 9.18. The molecule has 0 unspecified atom stereocenters. The molecular weight excluding hydrogens is 276 g/mol. The largest absolute Gasteiger partial charge is 0.508 e. The van der Waals surface area contributed by atoms with Crippen LogP contribution in [0.1, 0.15) is 5.56 Å². The quantitative estimate of drug-likeness (QED) is 0.461. The van der Waals surface area contributed by atoms with Crippen LogP contribution in [0.15, 0.2) is 24.3 Å². The van der Waals surface area contributed by atoms with Gasteiger partial charge in [0.1, 0.15) is 5.75 Å². The van der Waals surface area contributed by atoms with E-state index >= 15 is 0 Å². The normalized spacial score (nSPS) is 11.7. The topological polar surface area (TPSA) is 153 Å². The molecule has 0 radical (unpaired) electrons. The Kier molecular flexibility index (Phi) is 5.67. The lowest BCUT2D eigenvalue weighted by Crippen LogP contribution is -2.50. The number of phenolic OH excluding ortho intramolecular Hbond substituents is 1. The van der Waals surface area contributed by atoms with Crippen molar-refractivity contribution in [2.24, 2.45) is 17.2 Å². The van der Waals surface area contributed by atoms with Gasteiger partial charge in [0, 0.05) is 0 Å². The third kappa shape index (κ3) is 5.49. The molecule has 0 bridgehead atoms. The Morgan fingerprint density at radius 1 is 1.05 bits per heavy atom. The van der Waals surface area contributed by atoms with Crippen molar-refractivity contribution in [2.45, 2.75) is 12.5 Å². The monoisotopic (exact) mass is 294 g/mol. The molecule has 0 spiro atoms. The van der Waals surface area contributed by atoms with Crippen LogP contribution in [0.4, 0.5) is 0 Å². The molecule has 21 heavy (non-hydrogen) atoms. The lowest BCUT2D eigenvalue weighted by Gasteiger charge is -2.23. The second-order valence-electron chi connectivity index (χ2n) is 4.60. The van der Waals surface area contributed by atoms with Crippen molar-refractivity contribution in [3.8, 4) is 5.75 Å². The van der Waals surface area contributed by atoms with Crippen LogP contribution in [0.2, 0.25) is 0 Å². The smallest absolute Gasteiger partial charge is 0.240 e. The SMILES string of the molecule is NC(=O)CN(CC(N)=O)C(=O)[C@@H](N)Cc1ccc(O)cc1. The minimum absolute atomic E-state index is 0.0998. The van der Waals surface area contributed by atoms with E-state index in [4.69, 9.17) is 17.2 Å². The molecule has 1 atom stereocenters. The fourth-order valence-electron chi connectivity index (χ4n) is 1.80. The summed E-state index contributed by atoms with van der Waals surface area (Å²) < 4.78 is 0. The number of carbonyl (C=O) groups excluding carboxylic acids is 3. The molecular formula is C13H18N4O4. The van der Waals surface area contributed by atoms with Gasteiger partial charge in [-0.25, -0.2) is 0 Å². The van der Waals surface area contributed by atoms with E-state index in [-0.39, 0.29) is 12.2 Å². The number of primary amides is 2. The highest BCUT2D eigenvalue weighted by Crippen LogP contribution is 2.11. The Morgan fingerprint density at radius 3 is 1.95 bits per heavy atom. The highest BCUT2D eigenvalue weighted by Gasteiger charge is 2.23. The Balaban J connectivity index is 2.74. The molecule has 1 rings (SSSR count). The zero-order chi connectivity index (χ0) is 16.0. The maximum atomic E-state index is 12.1. The van der Waals surface area contributed by atoms with Gasteiger partial charge in [-0.2, -0.15) is 0 Å². The highest BCUT2D eigenvalue weighted by atomic mass is 16.3. The first-order valence-electron chi connectivity index (χ1n) is 6.18. The number of aromatic hydroxyl groups is 1. The van der Waals surface area contributed by atoms with E-state index in [2.05, 4.69) is 0 Å². The summed E-state index contributed by atoms with van der Waals surface area (Å²) in [6.45, 7) is -0.851. The molecule has 0 aromatic heterocycles. The summed E-state index contributed by atoms with van der Waals surface area (Å²) in [6.07, 6.45) is 0.188. The second-order valence-corrected chi connectivity index (χ2v) is 4.60. The van der Waals surface area contributed by atoms with E-state index in [0.717, 1.165) is 10.5 Å². The molecule has 1 aromatic carbocycles. The lowest BCUT2D eigenvalue weighted by molar-refractivity contribution is -0.139. The van der Waals surface area contributed by atoms with Crippen LogP contribution in [0, 0.1) is 0 Å². The molecule has 0 heterocycles. The third-order valence-corrected chi connectivity index (χ3v) is 2.71. The Hall–Kier alpha value is -2.61. The molecule has 0 fully saturated rings. The maximum absolute atomic E-state index is 12.1. The average molecular weight is 294 g/mol. The van der Waals surface area contributed by atoms with Crippen molar-refractivity contribution >= 4 is 17.7 Å². The van der Waals surface area contributed by atoms with Crippen LogP contribution in [0.5, 0.6) is 5.75 Å². The van der Waals surface area contributed by atoms with Gasteiger partial charge in [-0.1, -0.05) is 12.1 Å². The molecule has 1 aromatic rings. The second kappa shape index (κ2) is 7.25. The average Bonchev–Trinajstić information content (AvgIpc) is 2.38. The Labute approximate surface area is 121 Å². The number of rotatable bonds is 7. The van der Waals surface area contributed by atoms with Crippen molar-refractivity contribution in [1.29, 1.82) is 0 Å². The van der Waals surface area contributed by atoms with E-state index in [1.807, 2.05) is 0 Å². The maximum Gasteiger partial charge on any atom is 0.240 e. The molecule has 0 saturated heterocycles. The molecule has 0 aliphatic rings. The van der Waals surface area contributed by atoms with Gasteiger partial charge in [0.2, 0.25) is 17.7 Å². The number of carbonyl (C=O) groups is 3. The summed E-state index contributed by atoms with van der Waals surface area (Å²) in [6, 6.07) is 5.23. The van der Waals surface area contributed by atoms with Crippen LogP contribution in [0.3, 0.4) is 0 Å². The van der Waals surface area contributed by atoms with Gasteiger partial charge in [-0.15, -0.1) is 0 Å². The fraction of sp³-hybridized carbons (Fsp3) is 0.308. The standard InChI is InChI=1S/C13H18N4O4/c14-10(5-8-1-3-9(18)4-2-8)13(21)17(6-11(15)19)7-12(16)20/h1-4,10,18H,5-7,14H2,(H2,15,19)(H2,16,20)/t10-/m0/s1. The Bertz CT molecular complexity index is 513. The molecule has 8 heteroatoms. The van der Waals surface area contributed by atoms with Crippen LogP contribution >= 0.6 is 0 Å². The van der Waals surface area contributed by atoms with E-state index in [0.29, 0.717) is 0 Å². The molecule has 3 amide bonds. The number of amides is 3. The van der Waals surface area contributed by atoms with Gasteiger partial charge in [-0.05, 0) is 24.1 Å². The van der Waals surface area contributed by atoms with Crippen LogP contribution in [-0.2, 0) is 20.8 Å². The van der Waals surface area contributed by atoms with E-state index < -0.39 is 36.9 Å². The van der Waals surface area contributed by atoms with E-state index in [1.165, 1.54) is 12.1 Å². The van der Waals surface area contributed by atoms with Gasteiger partial charge in [-0.3, -0.25) is 14.4 Å². The molecule has 0 aliphatic heterocycles. The summed E-state index contributed by atoms with van der Waals surface area (Å²) in [5.74, 6) is -2.02. The zero-order valence-electron chi connectivity index (χ0n) is 11.4. The number of phenols is 1. The molecule has 114 valence electrons. The van der Waals surface area contributed by atoms with Crippen molar-refractivity contribution in [1.82, 2.24) is 4.90 Å². The number of hydrogen-bond acceptors (Lipinski definition) is 5. The fourth-order valence-corrected chi connectivity index (χ4v) is 1.80. The van der Waals surface area contributed by atoms with Gasteiger partial charge >= 0.3 is 0 Å². The zero-order valence-corrected chi connectivity index (χ0v) is 11.4. The van der Waals surface area contributed by atoms with Crippen molar-refractivity contribution < 1.29 is 19.5 Å². The molecule has 0 saturated carbocycles. The minimum Gasteiger partial charge on any atom is -0.508 e. The van der Waals surface area contributed by atoms with Crippen molar-refractivity contribution in [3.05, 3.63) is 29.8 Å². The van der Waals surface area contributed by atoms with Gasteiger partial charge in [0.05, 0.1) is 19.1 Å². The highest BCUT2D eigenvalue weighted by molar-refractivity contribution is 5.90. The van der Waals surface area contributed by atoms with Crippen LogP contribution in [-0.4, -0.2) is 46.9 Å². The number of hydrogen-bond donors (Lipinski definition) is 4. The first kappa shape index (κ1) is 16.4. The number of benzene rings is 1. The van der Waals surface area contributed by atoms with Crippen LogP contribution in [0.25, 0.3) is 0 Å². The predicted molar refractivity (Wildman–Crippen MR) is 74.8 cm³/mol. The lowest BCUT2D eigenvalue weighted by atomic mass is 10.1. The summed E-state index contributed by atoms with van der Waals surface area (Å²) in [4.78, 5) is 34.9. The van der Waals surface area contributed by atoms with E-state index in [1.54, 1.807) is 12.1 Å². The first-order valence-corrected chi connectivity index (χ1v) is 6.18. The summed E-state index contributed by atoms with van der Waals surface area (Å²) >= 11 is 0. The van der Waals surface area contributed by atoms with Gasteiger partial charge in [0.15, 0.2) is 0 Å². The molecule has 0 aliphatic carbocycles.